The molecule has 0 unspecified atom stereocenters. The third kappa shape index (κ3) is 3.76. The summed E-state index contributed by atoms with van der Waals surface area (Å²) < 4.78 is 4.93. The minimum atomic E-state index is -0.446. The Morgan fingerprint density at radius 3 is 2.27 bits per heavy atom. The van der Waals surface area contributed by atoms with Crippen molar-refractivity contribution in [1.82, 2.24) is 15.0 Å². The van der Waals surface area contributed by atoms with Gasteiger partial charge in [-0.05, 0) is 56.2 Å². The van der Waals surface area contributed by atoms with Gasteiger partial charge in [0.1, 0.15) is 5.82 Å². The number of amides is 1. The molecule has 0 aliphatic heterocycles. The minimum Gasteiger partial charge on any atom is -0.452 e. The topological polar surface area (TPSA) is 71.1 Å². The van der Waals surface area contributed by atoms with Crippen LogP contribution in [0.25, 0.3) is 33.3 Å². The quantitative estimate of drug-likeness (QED) is 0.481. The highest BCUT2D eigenvalue weighted by Gasteiger charge is 2.29. The maximum Gasteiger partial charge on any atom is 0.415 e. The Kier molecular flexibility index (Phi) is 4.99. The van der Waals surface area contributed by atoms with Gasteiger partial charge in [-0.1, -0.05) is 24.3 Å². The zero-order valence-electron chi connectivity index (χ0n) is 17.5. The Bertz CT molecular complexity index is 1140. The molecule has 4 rings (SSSR count). The van der Waals surface area contributed by atoms with E-state index in [4.69, 9.17) is 4.74 Å². The molecule has 0 fully saturated rings. The van der Waals surface area contributed by atoms with Gasteiger partial charge < -0.3 is 9.72 Å². The largest absolute Gasteiger partial charge is 0.452 e. The molecule has 0 aliphatic rings. The number of nitrogens with one attached hydrogen (secondary N) is 1. The number of rotatable bonds is 3. The predicted molar refractivity (Wildman–Crippen MR) is 119 cm³/mol. The molecule has 4 aromatic rings. The normalized spacial score (nSPS) is 11.5. The second-order valence-corrected chi connectivity index (χ2v) is 8.10. The van der Waals surface area contributed by atoms with E-state index in [2.05, 4.69) is 45.3 Å². The van der Waals surface area contributed by atoms with Crippen molar-refractivity contribution >= 4 is 22.8 Å². The van der Waals surface area contributed by atoms with Gasteiger partial charge >= 0.3 is 6.09 Å². The molecule has 1 aromatic carbocycles. The van der Waals surface area contributed by atoms with Crippen LogP contribution in [0.2, 0.25) is 0 Å². The monoisotopic (exact) mass is 400 g/mol. The van der Waals surface area contributed by atoms with Crippen molar-refractivity contribution in [2.45, 2.75) is 26.3 Å². The Hall–Kier alpha value is -3.67. The molecule has 0 saturated heterocycles. The van der Waals surface area contributed by atoms with Crippen molar-refractivity contribution in [2.24, 2.45) is 0 Å². The first-order valence-electron chi connectivity index (χ1n) is 9.74. The molecule has 0 aliphatic carbocycles. The van der Waals surface area contributed by atoms with Crippen LogP contribution in [0.4, 0.5) is 10.6 Å². The summed E-state index contributed by atoms with van der Waals surface area (Å²) in [6.07, 6.45) is 4.98. The standard InChI is InChI=1S/C24H24N4O2/c1-24(2,3)28(23(29)30-4)22-10-9-18(15-26-22)16-5-7-17(8-6-16)21-13-19-14-25-12-11-20(19)27-21/h5-15,27H,1-4H3. The van der Waals surface area contributed by atoms with Crippen LogP contribution in [-0.2, 0) is 4.74 Å². The lowest BCUT2D eigenvalue weighted by molar-refractivity contribution is 0.172. The number of hydrogen-bond donors (Lipinski definition) is 1. The molecule has 1 N–H and O–H groups in total. The maximum absolute atomic E-state index is 12.2. The lowest BCUT2D eigenvalue weighted by Gasteiger charge is -2.33. The van der Waals surface area contributed by atoms with Gasteiger partial charge in [0.15, 0.2) is 0 Å². The number of H-pyrrole nitrogens is 1. The Morgan fingerprint density at radius 2 is 1.67 bits per heavy atom. The van der Waals surface area contributed by atoms with Crippen molar-refractivity contribution in [3.63, 3.8) is 0 Å². The van der Waals surface area contributed by atoms with Gasteiger partial charge in [-0.15, -0.1) is 0 Å². The first-order valence-corrected chi connectivity index (χ1v) is 9.74. The van der Waals surface area contributed by atoms with E-state index in [-0.39, 0.29) is 0 Å². The number of fused-ring (bicyclic) bond motifs is 1. The molecular weight excluding hydrogens is 376 g/mol. The molecular formula is C24H24N4O2. The summed E-state index contributed by atoms with van der Waals surface area (Å²) in [5.74, 6) is 0.557. The molecule has 6 heteroatoms. The van der Waals surface area contributed by atoms with E-state index in [0.29, 0.717) is 5.82 Å². The lowest BCUT2D eigenvalue weighted by Crippen LogP contribution is -2.46. The average Bonchev–Trinajstić information content (AvgIpc) is 3.18. The highest BCUT2D eigenvalue weighted by molar-refractivity contribution is 5.88. The SMILES string of the molecule is COC(=O)N(c1ccc(-c2ccc(-c3cc4cnccc4[nH]3)cc2)cn1)C(C)(C)C. The molecule has 0 radical (unpaired) electrons. The second kappa shape index (κ2) is 7.63. The Morgan fingerprint density at radius 1 is 0.967 bits per heavy atom. The van der Waals surface area contributed by atoms with Crippen molar-refractivity contribution in [3.05, 3.63) is 67.1 Å². The third-order valence-corrected chi connectivity index (χ3v) is 4.96. The van der Waals surface area contributed by atoms with Gasteiger partial charge in [-0.3, -0.25) is 9.88 Å². The van der Waals surface area contributed by atoms with Crippen molar-refractivity contribution in [3.8, 4) is 22.4 Å². The Balaban J connectivity index is 1.59. The number of aromatic amines is 1. The van der Waals surface area contributed by atoms with Crippen LogP contribution in [0.3, 0.4) is 0 Å². The number of hydrogen-bond acceptors (Lipinski definition) is 4. The lowest BCUT2D eigenvalue weighted by atomic mass is 10.0. The fourth-order valence-corrected chi connectivity index (χ4v) is 3.46. The molecule has 30 heavy (non-hydrogen) atoms. The van der Waals surface area contributed by atoms with Crippen molar-refractivity contribution in [1.29, 1.82) is 0 Å². The zero-order valence-corrected chi connectivity index (χ0v) is 17.5. The van der Waals surface area contributed by atoms with Gasteiger partial charge in [0.05, 0.1) is 7.11 Å². The average molecular weight is 400 g/mol. The summed E-state index contributed by atoms with van der Waals surface area (Å²) >= 11 is 0. The van der Waals surface area contributed by atoms with E-state index < -0.39 is 11.6 Å². The minimum absolute atomic E-state index is 0.430. The van der Waals surface area contributed by atoms with Gasteiger partial charge in [-0.2, -0.15) is 0 Å². The number of ether oxygens (including phenoxy) is 1. The van der Waals surface area contributed by atoms with Gasteiger partial charge in [-0.25, -0.2) is 9.78 Å². The number of anilines is 1. The van der Waals surface area contributed by atoms with Gasteiger partial charge in [0, 0.05) is 46.3 Å². The number of methoxy groups -OCH3 is 1. The van der Waals surface area contributed by atoms with E-state index in [1.54, 1.807) is 17.3 Å². The number of carbonyl (C=O) groups is 1. The molecule has 0 saturated carbocycles. The van der Waals surface area contributed by atoms with E-state index in [1.165, 1.54) is 7.11 Å². The number of nitrogens with zero attached hydrogens (tertiary/aromatic N) is 3. The molecule has 0 atom stereocenters. The van der Waals surface area contributed by atoms with Gasteiger partial charge in [0.25, 0.3) is 0 Å². The van der Waals surface area contributed by atoms with Crippen LogP contribution in [0.5, 0.6) is 0 Å². The number of aromatic nitrogens is 3. The van der Waals surface area contributed by atoms with E-state index >= 15 is 0 Å². The molecule has 3 heterocycles. The highest BCUT2D eigenvalue weighted by Crippen LogP contribution is 2.28. The van der Waals surface area contributed by atoms with Crippen LogP contribution in [-0.4, -0.2) is 33.7 Å². The number of carbonyl (C=O) groups excluding carboxylic acids is 1. The first-order chi connectivity index (χ1) is 14.4. The van der Waals surface area contributed by atoms with Crippen LogP contribution in [0.15, 0.2) is 67.1 Å². The van der Waals surface area contributed by atoms with Crippen molar-refractivity contribution < 1.29 is 9.53 Å². The zero-order chi connectivity index (χ0) is 21.3. The predicted octanol–water partition coefficient (Wildman–Crippen LogP) is 5.66. The van der Waals surface area contributed by atoms with Gasteiger partial charge in [0.2, 0.25) is 0 Å². The van der Waals surface area contributed by atoms with Crippen LogP contribution in [0, 0.1) is 0 Å². The summed E-state index contributed by atoms with van der Waals surface area (Å²) in [6, 6.07) is 16.2. The second-order valence-electron chi connectivity index (χ2n) is 8.10. The molecule has 0 bridgehead atoms. The summed E-state index contributed by atoms with van der Waals surface area (Å²) in [4.78, 5) is 25.9. The summed E-state index contributed by atoms with van der Waals surface area (Å²) in [5, 5.41) is 1.09. The van der Waals surface area contributed by atoms with E-state index in [0.717, 1.165) is 33.3 Å². The van der Waals surface area contributed by atoms with Crippen LogP contribution < -0.4 is 4.90 Å². The van der Waals surface area contributed by atoms with Crippen LogP contribution in [0.1, 0.15) is 20.8 Å². The Labute approximate surface area is 175 Å². The smallest absolute Gasteiger partial charge is 0.415 e. The summed E-state index contributed by atoms with van der Waals surface area (Å²) in [7, 11) is 1.38. The number of pyridine rings is 2. The third-order valence-electron chi connectivity index (χ3n) is 4.96. The molecule has 0 spiro atoms. The summed E-state index contributed by atoms with van der Waals surface area (Å²) in [6.45, 7) is 5.83. The maximum atomic E-state index is 12.2. The fraction of sp³-hybridized carbons (Fsp3) is 0.208. The number of benzene rings is 1. The first kappa shape index (κ1) is 19.6. The summed E-state index contributed by atoms with van der Waals surface area (Å²) in [5.41, 5.74) is 4.80. The molecule has 3 aromatic heterocycles. The van der Waals surface area contributed by atoms with Crippen molar-refractivity contribution in [2.75, 3.05) is 12.0 Å². The molecule has 152 valence electrons. The highest BCUT2D eigenvalue weighted by atomic mass is 16.5. The van der Waals surface area contributed by atoms with E-state index in [9.17, 15) is 4.79 Å². The molecule has 1 amide bonds. The van der Waals surface area contributed by atoms with Crippen LogP contribution >= 0.6 is 0 Å². The fourth-order valence-electron chi connectivity index (χ4n) is 3.46. The molecule has 6 nitrogen and oxygen atoms in total. The van der Waals surface area contributed by atoms with E-state index in [1.807, 2.05) is 45.2 Å².